The number of sulfonamides is 1. The SMILES string of the molecule is Cc1c([N+](=O)[O-])cccc1S(=O)(=O)N1CCC(O)C(C)C1. The molecule has 8 heteroatoms. The Morgan fingerprint density at radius 2 is 2.10 bits per heavy atom. The maximum absolute atomic E-state index is 12.7. The molecule has 1 aromatic rings. The second-order valence-electron chi connectivity index (χ2n) is 5.35. The highest BCUT2D eigenvalue weighted by atomic mass is 32.2. The molecular formula is C13H18N2O5S. The first kappa shape index (κ1) is 15.9. The van der Waals surface area contributed by atoms with E-state index in [9.17, 15) is 23.6 Å². The fraction of sp³-hybridized carbons (Fsp3) is 0.538. The first-order valence-corrected chi connectivity index (χ1v) is 8.11. The smallest absolute Gasteiger partial charge is 0.273 e. The zero-order chi connectivity index (χ0) is 15.8. The lowest BCUT2D eigenvalue weighted by Crippen LogP contribution is -2.45. The number of nitro groups is 1. The predicted molar refractivity (Wildman–Crippen MR) is 76.4 cm³/mol. The van der Waals surface area contributed by atoms with Crippen LogP contribution in [0.2, 0.25) is 0 Å². The molecule has 2 rings (SSSR count). The minimum Gasteiger partial charge on any atom is -0.393 e. The van der Waals surface area contributed by atoms with Crippen LogP contribution in [0.5, 0.6) is 0 Å². The van der Waals surface area contributed by atoms with Crippen LogP contribution in [0.1, 0.15) is 18.9 Å². The lowest BCUT2D eigenvalue weighted by atomic mass is 9.99. The Hall–Kier alpha value is -1.51. The highest BCUT2D eigenvalue weighted by molar-refractivity contribution is 7.89. The molecule has 1 heterocycles. The Bertz CT molecular complexity index is 659. The molecule has 1 aromatic carbocycles. The molecule has 0 amide bonds. The number of piperidine rings is 1. The third-order valence-corrected chi connectivity index (χ3v) is 5.90. The zero-order valence-corrected chi connectivity index (χ0v) is 12.7. The van der Waals surface area contributed by atoms with Gasteiger partial charge in [-0.2, -0.15) is 4.31 Å². The van der Waals surface area contributed by atoms with Crippen LogP contribution >= 0.6 is 0 Å². The second-order valence-corrected chi connectivity index (χ2v) is 7.26. The van der Waals surface area contributed by atoms with E-state index in [0.29, 0.717) is 6.42 Å². The summed E-state index contributed by atoms with van der Waals surface area (Å²) in [5.74, 6) is -0.160. The van der Waals surface area contributed by atoms with Gasteiger partial charge in [0.15, 0.2) is 0 Å². The van der Waals surface area contributed by atoms with E-state index in [4.69, 9.17) is 0 Å². The van der Waals surface area contributed by atoms with Crippen LogP contribution in [0.25, 0.3) is 0 Å². The van der Waals surface area contributed by atoms with Gasteiger partial charge in [-0.1, -0.05) is 13.0 Å². The molecular weight excluding hydrogens is 296 g/mol. The number of hydrogen-bond acceptors (Lipinski definition) is 5. The third kappa shape index (κ3) is 2.92. The molecule has 0 aliphatic carbocycles. The molecule has 2 unspecified atom stereocenters. The monoisotopic (exact) mass is 314 g/mol. The normalized spacial score (nSPS) is 24.0. The van der Waals surface area contributed by atoms with E-state index in [1.165, 1.54) is 29.4 Å². The fourth-order valence-electron chi connectivity index (χ4n) is 2.53. The molecule has 0 bridgehead atoms. The molecule has 1 aliphatic heterocycles. The van der Waals surface area contributed by atoms with Gasteiger partial charge >= 0.3 is 0 Å². The molecule has 1 aliphatic rings. The second kappa shape index (κ2) is 5.70. The van der Waals surface area contributed by atoms with E-state index in [2.05, 4.69) is 0 Å². The Morgan fingerprint density at radius 3 is 2.67 bits per heavy atom. The van der Waals surface area contributed by atoms with E-state index in [1.807, 2.05) is 0 Å². The molecule has 2 atom stereocenters. The Balaban J connectivity index is 2.41. The summed E-state index contributed by atoms with van der Waals surface area (Å²) in [5.41, 5.74) is -0.0672. The van der Waals surface area contributed by atoms with Gasteiger partial charge in [0.25, 0.3) is 5.69 Å². The predicted octanol–water partition coefficient (Wildman–Crippen LogP) is 1.29. The average Bonchev–Trinajstić information content (AvgIpc) is 2.41. The minimum atomic E-state index is -3.79. The van der Waals surface area contributed by atoms with Crippen LogP contribution in [-0.4, -0.2) is 41.9 Å². The summed E-state index contributed by atoms with van der Waals surface area (Å²) in [7, 11) is -3.79. The van der Waals surface area contributed by atoms with Gasteiger partial charge in [0, 0.05) is 24.7 Å². The molecule has 1 fully saturated rings. The summed E-state index contributed by atoms with van der Waals surface area (Å²) in [6.45, 7) is 3.65. The van der Waals surface area contributed by atoms with Gasteiger partial charge in [-0.25, -0.2) is 8.42 Å². The van der Waals surface area contributed by atoms with Crippen LogP contribution in [0.3, 0.4) is 0 Å². The maximum atomic E-state index is 12.7. The largest absolute Gasteiger partial charge is 0.393 e. The van der Waals surface area contributed by atoms with Crippen molar-refractivity contribution in [3.63, 3.8) is 0 Å². The highest BCUT2D eigenvalue weighted by Gasteiger charge is 2.34. The number of nitro benzene ring substituents is 1. The summed E-state index contributed by atoms with van der Waals surface area (Å²) in [6.07, 6.45) is -0.142. The van der Waals surface area contributed by atoms with Crippen LogP contribution < -0.4 is 0 Å². The molecule has 0 aromatic heterocycles. The summed E-state index contributed by atoms with van der Waals surface area (Å²) >= 11 is 0. The van der Waals surface area contributed by atoms with Crippen molar-refractivity contribution < 1.29 is 18.4 Å². The standard InChI is InChI=1S/C13H18N2O5S/c1-9-8-14(7-6-12(9)16)21(19,20)13-5-3-4-11(10(13)2)15(17)18/h3-5,9,12,16H,6-8H2,1-2H3. The minimum absolute atomic E-state index is 0.0414. The number of nitrogens with zero attached hydrogens (tertiary/aromatic N) is 2. The van der Waals surface area contributed by atoms with Gasteiger partial charge < -0.3 is 5.11 Å². The van der Waals surface area contributed by atoms with E-state index < -0.39 is 21.1 Å². The number of aliphatic hydroxyl groups excluding tert-OH is 1. The first-order chi connectivity index (χ1) is 9.75. The summed E-state index contributed by atoms with van der Waals surface area (Å²) in [4.78, 5) is 10.3. The lowest BCUT2D eigenvalue weighted by molar-refractivity contribution is -0.385. The topological polar surface area (TPSA) is 101 Å². The van der Waals surface area contributed by atoms with E-state index in [0.717, 1.165) is 0 Å². The molecule has 7 nitrogen and oxygen atoms in total. The molecule has 0 spiro atoms. The van der Waals surface area contributed by atoms with Gasteiger partial charge in [0.2, 0.25) is 10.0 Å². The van der Waals surface area contributed by atoms with Crippen LogP contribution in [0.15, 0.2) is 23.1 Å². The molecule has 116 valence electrons. The van der Waals surface area contributed by atoms with Crippen LogP contribution in [0, 0.1) is 23.0 Å². The van der Waals surface area contributed by atoms with Crippen molar-refractivity contribution >= 4 is 15.7 Å². The summed E-state index contributed by atoms with van der Waals surface area (Å²) in [6, 6.07) is 4.05. The van der Waals surface area contributed by atoms with Crippen LogP contribution in [-0.2, 0) is 10.0 Å². The van der Waals surface area contributed by atoms with Crippen molar-refractivity contribution in [1.82, 2.24) is 4.31 Å². The van der Waals surface area contributed by atoms with Crippen molar-refractivity contribution in [1.29, 1.82) is 0 Å². The van der Waals surface area contributed by atoms with Crippen molar-refractivity contribution in [2.24, 2.45) is 5.92 Å². The third-order valence-electron chi connectivity index (χ3n) is 3.89. The molecule has 0 saturated carbocycles. The van der Waals surface area contributed by atoms with E-state index >= 15 is 0 Å². The fourth-order valence-corrected chi connectivity index (χ4v) is 4.33. The number of aliphatic hydroxyl groups is 1. The first-order valence-electron chi connectivity index (χ1n) is 6.67. The quantitative estimate of drug-likeness (QED) is 0.669. The van der Waals surface area contributed by atoms with Gasteiger partial charge in [-0.05, 0) is 25.3 Å². The van der Waals surface area contributed by atoms with Crippen molar-refractivity contribution in [3.8, 4) is 0 Å². The molecule has 0 radical (unpaired) electrons. The van der Waals surface area contributed by atoms with Crippen LogP contribution in [0.4, 0.5) is 5.69 Å². The van der Waals surface area contributed by atoms with Crippen molar-refractivity contribution in [2.75, 3.05) is 13.1 Å². The van der Waals surface area contributed by atoms with Gasteiger partial charge in [0.1, 0.15) is 0 Å². The van der Waals surface area contributed by atoms with Gasteiger partial charge in [0.05, 0.1) is 15.9 Å². The maximum Gasteiger partial charge on any atom is 0.273 e. The molecule has 1 N–H and O–H groups in total. The Morgan fingerprint density at radius 1 is 1.43 bits per heavy atom. The zero-order valence-electron chi connectivity index (χ0n) is 11.9. The summed E-state index contributed by atoms with van der Waals surface area (Å²) < 4.78 is 26.6. The van der Waals surface area contributed by atoms with Crippen molar-refractivity contribution in [3.05, 3.63) is 33.9 Å². The van der Waals surface area contributed by atoms with Gasteiger partial charge in [-0.3, -0.25) is 10.1 Å². The van der Waals surface area contributed by atoms with Gasteiger partial charge in [-0.15, -0.1) is 0 Å². The van der Waals surface area contributed by atoms with E-state index in [-0.39, 0.29) is 35.2 Å². The van der Waals surface area contributed by atoms with Crippen molar-refractivity contribution in [2.45, 2.75) is 31.3 Å². The number of benzene rings is 1. The highest BCUT2D eigenvalue weighted by Crippen LogP contribution is 2.29. The Labute approximate surface area is 123 Å². The summed E-state index contributed by atoms with van der Waals surface area (Å²) in [5, 5.41) is 20.6. The van der Waals surface area contributed by atoms with E-state index in [1.54, 1.807) is 6.92 Å². The molecule has 21 heavy (non-hydrogen) atoms. The molecule has 1 saturated heterocycles. The lowest BCUT2D eigenvalue weighted by Gasteiger charge is -2.33. The Kier molecular flexibility index (Phi) is 4.31. The average molecular weight is 314 g/mol. The number of hydrogen-bond donors (Lipinski definition) is 1. The number of rotatable bonds is 3.